The molecule has 0 bridgehead atoms. The third-order valence-corrected chi connectivity index (χ3v) is 5.67. The van der Waals surface area contributed by atoms with Crippen LogP contribution in [0.1, 0.15) is 25.7 Å². The van der Waals surface area contributed by atoms with Gasteiger partial charge in [0, 0.05) is 30.1 Å². The number of likely N-dealkylation sites (N-methyl/N-ethyl adjacent to an activating group) is 2. The summed E-state index contributed by atoms with van der Waals surface area (Å²) in [5, 5.41) is 4.35. The maximum absolute atomic E-state index is 3.44. The molecule has 0 amide bonds. The number of likely N-dealkylation sites (tertiary alicyclic amines) is 1. The predicted molar refractivity (Wildman–Crippen MR) is 81.5 cm³/mol. The minimum absolute atomic E-state index is 0.789. The van der Waals surface area contributed by atoms with Crippen molar-refractivity contribution in [3.05, 3.63) is 0 Å². The zero-order chi connectivity index (χ0) is 12.8. The first kappa shape index (κ1) is 14.6. The van der Waals surface area contributed by atoms with Crippen LogP contribution in [0.25, 0.3) is 0 Å². The Kier molecular flexibility index (Phi) is 6.29. The van der Waals surface area contributed by atoms with Gasteiger partial charge in [-0.15, -0.1) is 0 Å². The van der Waals surface area contributed by atoms with Gasteiger partial charge in [-0.05, 0) is 59.4 Å². The van der Waals surface area contributed by atoms with Gasteiger partial charge >= 0.3 is 0 Å². The van der Waals surface area contributed by atoms with Crippen molar-refractivity contribution in [1.82, 2.24) is 15.1 Å². The number of rotatable bonds is 5. The van der Waals surface area contributed by atoms with Gasteiger partial charge in [0.2, 0.25) is 0 Å². The maximum Gasteiger partial charge on any atom is 0.0220 e. The van der Waals surface area contributed by atoms with Gasteiger partial charge < -0.3 is 15.1 Å². The van der Waals surface area contributed by atoms with Crippen LogP contribution in [0.2, 0.25) is 0 Å². The number of hydrogen-bond donors (Lipinski definition) is 1. The van der Waals surface area contributed by atoms with Gasteiger partial charge in [0.15, 0.2) is 0 Å². The molecule has 0 saturated carbocycles. The van der Waals surface area contributed by atoms with Crippen LogP contribution in [0.3, 0.4) is 0 Å². The third-order valence-electron chi connectivity index (χ3n) is 4.31. The molecular formula is C14H29N3S. The highest BCUT2D eigenvalue weighted by molar-refractivity contribution is 7.99. The fourth-order valence-electron chi connectivity index (χ4n) is 3.01. The van der Waals surface area contributed by atoms with Crippen molar-refractivity contribution in [2.45, 2.75) is 37.0 Å². The lowest BCUT2D eigenvalue weighted by Crippen LogP contribution is -2.45. The van der Waals surface area contributed by atoms with Crippen molar-refractivity contribution in [3.63, 3.8) is 0 Å². The lowest BCUT2D eigenvalue weighted by molar-refractivity contribution is 0.140. The molecule has 0 aromatic heterocycles. The third kappa shape index (κ3) is 4.72. The van der Waals surface area contributed by atoms with Crippen LogP contribution in [0, 0.1) is 0 Å². The van der Waals surface area contributed by atoms with Crippen LogP contribution in [0.15, 0.2) is 0 Å². The molecule has 0 aromatic carbocycles. The summed E-state index contributed by atoms with van der Waals surface area (Å²) >= 11 is 2.20. The van der Waals surface area contributed by atoms with E-state index < -0.39 is 0 Å². The summed E-state index contributed by atoms with van der Waals surface area (Å²) in [5.41, 5.74) is 0. The SMILES string of the molecule is CN1CCCC(N(C)CCSC2CCNCC2)C1. The summed E-state index contributed by atoms with van der Waals surface area (Å²) in [4.78, 5) is 5.06. The predicted octanol–water partition coefficient (Wildman–Crippen LogP) is 1.50. The summed E-state index contributed by atoms with van der Waals surface area (Å²) in [7, 11) is 4.57. The molecule has 2 heterocycles. The Balaban J connectivity index is 1.60. The molecule has 2 aliphatic rings. The van der Waals surface area contributed by atoms with Gasteiger partial charge in [-0.3, -0.25) is 0 Å². The fraction of sp³-hybridized carbons (Fsp3) is 1.00. The zero-order valence-electron chi connectivity index (χ0n) is 12.0. The Morgan fingerprint density at radius 1 is 1.28 bits per heavy atom. The molecule has 3 nitrogen and oxygen atoms in total. The van der Waals surface area contributed by atoms with Crippen LogP contribution in [0.4, 0.5) is 0 Å². The van der Waals surface area contributed by atoms with Crippen molar-refractivity contribution >= 4 is 11.8 Å². The van der Waals surface area contributed by atoms with E-state index in [4.69, 9.17) is 0 Å². The topological polar surface area (TPSA) is 18.5 Å². The lowest BCUT2D eigenvalue weighted by atomic mass is 10.1. The number of piperidine rings is 2. The molecule has 0 radical (unpaired) electrons. The van der Waals surface area contributed by atoms with E-state index in [0.29, 0.717) is 0 Å². The molecule has 18 heavy (non-hydrogen) atoms. The van der Waals surface area contributed by atoms with Crippen molar-refractivity contribution in [3.8, 4) is 0 Å². The quantitative estimate of drug-likeness (QED) is 0.816. The molecule has 2 saturated heterocycles. The Labute approximate surface area is 117 Å². The molecular weight excluding hydrogens is 242 g/mol. The molecule has 0 spiro atoms. The highest BCUT2D eigenvalue weighted by Crippen LogP contribution is 2.21. The highest BCUT2D eigenvalue weighted by atomic mass is 32.2. The smallest absolute Gasteiger partial charge is 0.0220 e. The highest BCUT2D eigenvalue weighted by Gasteiger charge is 2.21. The summed E-state index contributed by atoms with van der Waals surface area (Å²) < 4.78 is 0. The Bertz CT molecular complexity index is 231. The first-order valence-electron chi connectivity index (χ1n) is 7.47. The van der Waals surface area contributed by atoms with Crippen molar-refractivity contribution in [1.29, 1.82) is 0 Å². The largest absolute Gasteiger partial charge is 0.317 e. The Morgan fingerprint density at radius 2 is 2.06 bits per heavy atom. The molecule has 0 aliphatic carbocycles. The molecule has 1 unspecified atom stereocenters. The minimum atomic E-state index is 0.789. The monoisotopic (exact) mass is 271 g/mol. The molecule has 1 N–H and O–H groups in total. The molecule has 2 fully saturated rings. The van der Waals surface area contributed by atoms with Crippen LogP contribution < -0.4 is 5.32 Å². The summed E-state index contributed by atoms with van der Waals surface area (Å²) in [6, 6.07) is 0.789. The Morgan fingerprint density at radius 3 is 2.78 bits per heavy atom. The minimum Gasteiger partial charge on any atom is -0.317 e. The van der Waals surface area contributed by atoms with Crippen LogP contribution in [-0.4, -0.2) is 73.7 Å². The molecule has 106 valence electrons. The molecule has 2 rings (SSSR count). The average molecular weight is 271 g/mol. The first-order valence-corrected chi connectivity index (χ1v) is 8.51. The lowest BCUT2D eigenvalue weighted by Gasteiger charge is -2.36. The van der Waals surface area contributed by atoms with E-state index in [2.05, 4.69) is 41.0 Å². The van der Waals surface area contributed by atoms with Gasteiger partial charge in [-0.1, -0.05) is 0 Å². The second-order valence-corrected chi connectivity index (χ2v) is 7.27. The molecule has 2 aliphatic heterocycles. The normalized spacial score (nSPS) is 27.8. The number of nitrogens with one attached hydrogen (secondary N) is 1. The van der Waals surface area contributed by atoms with E-state index >= 15 is 0 Å². The van der Waals surface area contributed by atoms with E-state index in [9.17, 15) is 0 Å². The van der Waals surface area contributed by atoms with Gasteiger partial charge in [0.05, 0.1) is 0 Å². The van der Waals surface area contributed by atoms with E-state index in [0.717, 1.165) is 11.3 Å². The van der Waals surface area contributed by atoms with Crippen LogP contribution in [-0.2, 0) is 0 Å². The van der Waals surface area contributed by atoms with Crippen molar-refractivity contribution in [2.24, 2.45) is 0 Å². The summed E-state index contributed by atoms with van der Waals surface area (Å²) in [6.45, 7) is 6.25. The van der Waals surface area contributed by atoms with E-state index in [1.54, 1.807) is 0 Å². The summed E-state index contributed by atoms with van der Waals surface area (Å²) in [6.07, 6.45) is 5.48. The van der Waals surface area contributed by atoms with Gasteiger partial charge in [0.1, 0.15) is 0 Å². The molecule has 4 heteroatoms. The van der Waals surface area contributed by atoms with Crippen LogP contribution in [0.5, 0.6) is 0 Å². The van der Waals surface area contributed by atoms with Crippen molar-refractivity contribution < 1.29 is 0 Å². The molecule has 0 aromatic rings. The van der Waals surface area contributed by atoms with E-state index in [-0.39, 0.29) is 0 Å². The number of hydrogen-bond acceptors (Lipinski definition) is 4. The first-order chi connectivity index (χ1) is 8.75. The second kappa shape index (κ2) is 7.73. The van der Waals surface area contributed by atoms with Gasteiger partial charge in [-0.2, -0.15) is 11.8 Å². The zero-order valence-corrected chi connectivity index (χ0v) is 12.8. The average Bonchev–Trinajstić information content (AvgIpc) is 2.40. The van der Waals surface area contributed by atoms with Crippen molar-refractivity contribution in [2.75, 3.05) is 52.6 Å². The van der Waals surface area contributed by atoms with Crippen LogP contribution >= 0.6 is 11.8 Å². The Hall–Kier alpha value is 0.230. The number of nitrogens with zero attached hydrogens (tertiary/aromatic N) is 2. The number of thioether (sulfide) groups is 1. The maximum atomic E-state index is 3.44. The van der Waals surface area contributed by atoms with Gasteiger partial charge in [0.25, 0.3) is 0 Å². The van der Waals surface area contributed by atoms with E-state index in [1.807, 2.05) is 0 Å². The second-order valence-electron chi connectivity index (χ2n) is 5.86. The van der Waals surface area contributed by atoms with E-state index in [1.165, 1.54) is 64.2 Å². The van der Waals surface area contributed by atoms with Gasteiger partial charge in [-0.25, -0.2) is 0 Å². The molecule has 1 atom stereocenters. The standard InChI is InChI=1S/C14H29N3S/c1-16-9-3-4-13(12-16)17(2)10-11-18-14-5-7-15-8-6-14/h13-15H,3-12H2,1-2H3. The fourth-order valence-corrected chi connectivity index (χ4v) is 4.30. The summed E-state index contributed by atoms with van der Waals surface area (Å²) in [5.74, 6) is 1.31.